The van der Waals surface area contributed by atoms with Crippen LogP contribution >= 0.6 is 7.52 Å². The average molecular weight is 419 g/mol. The maximum absolute atomic E-state index is 14.0. The number of anilines is 1. The van der Waals surface area contributed by atoms with Crippen molar-refractivity contribution in [1.29, 1.82) is 0 Å². The SMILES string of the molecule is Cc1c(N[P@](=O)(Oc2ccccc2)c2ccccc2)c(=O)n(-c2ccccc2)n1C. The molecule has 1 heterocycles. The van der Waals surface area contributed by atoms with Gasteiger partial charge in [-0.15, -0.1) is 0 Å². The molecule has 0 unspecified atom stereocenters. The van der Waals surface area contributed by atoms with E-state index in [1.54, 1.807) is 67.2 Å². The van der Waals surface area contributed by atoms with Crippen molar-refractivity contribution in [3.8, 4) is 11.4 Å². The Morgan fingerprint density at radius 2 is 1.37 bits per heavy atom. The Kier molecular flexibility index (Phi) is 5.34. The highest BCUT2D eigenvalue weighted by Crippen LogP contribution is 2.46. The zero-order valence-electron chi connectivity index (χ0n) is 16.7. The molecule has 0 aliphatic rings. The van der Waals surface area contributed by atoms with Crippen molar-refractivity contribution in [3.63, 3.8) is 0 Å². The third kappa shape index (κ3) is 3.70. The summed E-state index contributed by atoms with van der Waals surface area (Å²) in [6.45, 7) is 1.81. The summed E-state index contributed by atoms with van der Waals surface area (Å²) in [6.07, 6.45) is 0. The van der Waals surface area contributed by atoms with E-state index in [2.05, 4.69) is 5.09 Å². The van der Waals surface area contributed by atoms with Crippen LogP contribution in [0.4, 0.5) is 5.69 Å². The molecule has 1 N–H and O–H groups in total. The minimum Gasteiger partial charge on any atom is -0.426 e. The minimum absolute atomic E-state index is 0.240. The summed E-state index contributed by atoms with van der Waals surface area (Å²) in [7, 11) is -1.85. The van der Waals surface area contributed by atoms with E-state index < -0.39 is 7.52 Å². The summed E-state index contributed by atoms with van der Waals surface area (Å²) >= 11 is 0. The van der Waals surface area contributed by atoms with Crippen LogP contribution in [0.1, 0.15) is 5.69 Å². The van der Waals surface area contributed by atoms with Crippen molar-refractivity contribution < 1.29 is 9.09 Å². The number of hydrogen-bond donors (Lipinski definition) is 1. The smallest absolute Gasteiger partial charge is 0.371 e. The second kappa shape index (κ2) is 8.09. The van der Waals surface area contributed by atoms with Gasteiger partial charge in [-0.05, 0) is 43.3 Å². The summed E-state index contributed by atoms with van der Waals surface area (Å²) in [6, 6.07) is 27.1. The molecular formula is C23H22N3O3P. The summed E-state index contributed by atoms with van der Waals surface area (Å²) in [5.41, 5.74) is 1.31. The van der Waals surface area contributed by atoms with Gasteiger partial charge in [-0.1, -0.05) is 54.6 Å². The molecule has 0 amide bonds. The summed E-state index contributed by atoms with van der Waals surface area (Å²) in [5.74, 6) is 0.453. The molecule has 4 aromatic rings. The van der Waals surface area contributed by atoms with Crippen LogP contribution < -0.4 is 20.5 Å². The van der Waals surface area contributed by atoms with E-state index in [4.69, 9.17) is 4.52 Å². The largest absolute Gasteiger partial charge is 0.426 e. The summed E-state index contributed by atoms with van der Waals surface area (Å²) < 4.78 is 23.2. The first-order chi connectivity index (χ1) is 14.5. The average Bonchev–Trinajstić information content (AvgIpc) is 2.98. The Hall–Kier alpha value is -3.50. The molecule has 0 saturated carbocycles. The molecule has 1 aromatic heterocycles. The molecule has 0 bridgehead atoms. The molecule has 30 heavy (non-hydrogen) atoms. The number of rotatable bonds is 6. The van der Waals surface area contributed by atoms with Gasteiger partial charge in [0.15, 0.2) is 0 Å². The van der Waals surface area contributed by atoms with Gasteiger partial charge in [0, 0.05) is 7.05 Å². The third-order valence-corrected chi connectivity index (χ3v) is 6.85. The molecular weight excluding hydrogens is 397 g/mol. The van der Waals surface area contributed by atoms with Gasteiger partial charge in [-0.2, -0.15) is 0 Å². The maximum Gasteiger partial charge on any atom is 0.371 e. The van der Waals surface area contributed by atoms with Crippen LogP contribution in [0.2, 0.25) is 0 Å². The molecule has 6 nitrogen and oxygen atoms in total. The van der Waals surface area contributed by atoms with Crippen molar-refractivity contribution >= 4 is 18.5 Å². The summed E-state index contributed by atoms with van der Waals surface area (Å²) in [5, 5.41) is 3.44. The van der Waals surface area contributed by atoms with Gasteiger partial charge in [0.2, 0.25) is 0 Å². The van der Waals surface area contributed by atoms with E-state index in [1.165, 1.54) is 4.68 Å². The number of benzene rings is 3. The van der Waals surface area contributed by atoms with Gasteiger partial charge in [0.25, 0.3) is 5.56 Å². The lowest BCUT2D eigenvalue weighted by Gasteiger charge is -2.21. The zero-order chi connectivity index (χ0) is 21.1. The second-order valence-electron chi connectivity index (χ2n) is 6.84. The Morgan fingerprint density at radius 1 is 0.833 bits per heavy atom. The molecule has 152 valence electrons. The van der Waals surface area contributed by atoms with Crippen molar-refractivity contribution in [1.82, 2.24) is 9.36 Å². The summed E-state index contributed by atoms with van der Waals surface area (Å²) in [4.78, 5) is 13.3. The Balaban J connectivity index is 1.81. The quantitative estimate of drug-likeness (QED) is 0.468. The molecule has 7 heteroatoms. The van der Waals surface area contributed by atoms with E-state index in [0.29, 0.717) is 16.7 Å². The van der Waals surface area contributed by atoms with E-state index >= 15 is 0 Å². The molecule has 1 atom stereocenters. The van der Waals surface area contributed by atoms with Crippen molar-refractivity contribution in [2.45, 2.75) is 6.92 Å². The highest BCUT2D eigenvalue weighted by molar-refractivity contribution is 7.68. The molecule has 4 rings (SSSR count). The predicted molar refractivity (Wildman–Crippen MR) is 120 cm³/mol. The zero-order valence-corrected chi connectivity index (χ0v) is 17.6. The van der Waals surface area contributed by atoms with E-state index in [1.807, 2.05) is 42.5 Å². The van der Waals surface area contributed by atoms with Gasteiger partial charge in [-0.25, -0.2) is 9.25 Å². The Labute approximate surface area is 174 Å². The molecule has 0 spiro atoms. The van der Waals surface area contributed by atoms with Crippen LogP contribution in [0.5, 0.6) is 5.75 Å². The number of hydrogen-bond acceptors (Lipinski definition) is 3. The molecule has 0 radical (unpaired) electrons. The first kappa shape index (κ1) is 19.8. The van der Waals surface area contributed by atoms with E-state index in [0.717, 1.165) is 5.69 Å². The third-order valence-electron chi connectivity index (χ3n) is 4.89. The van der Waals surface area contributed by atoms with Crippen LogP contribution in [0, 0.1) is 6.92 Å². The maximum atomic E-state index is 14.0. The highest BCUT2D eigenvalue weighted by atomic mass is 31.2. The second-order valence-corrected chi connectivity index (χ2v) is 8.87. The normalized spacial score (nSPS) is 12.9. The van der Waals surface area contributed by atoms with Crippen LogP contribution in [-0.2, 0) is 11.6 Å². The lowest BCUT2D eigenvalue weighted by atomic mass is 10.3. The van der Waals surface area contributed by atoms with E-state index in [-0.39, 0.29) is 11.2 Å². The van der Waals surface area contributed by atoms with Gasteiger partial charge < -0.3 is 4.52 Å². The van der Waals surface area contributed by atoms with Crippen LogP contribution in [-0.4, -0.2) is 9.36 Å². The first-order valence-electron chi connectivity index (χ1n) is 9.52. The fourth-order valence-electron chi connectivity index (χ4n) is 3.24. The van der Waals surface area contributed by atoms with Gasteiger partial charge in [0.1, 0.15) is 11.4 Å². The van der Waals surface area contributed by atoms with Crippen molar-refractivity contribution in [2.24, 2.45) is 7.05 Å². The molecule has 0 aliphatic carbocycles. The van der Waals surface area contributed by atoms with Gasteiger partial charge in [0.05, 0.1) is 16.7 Å². The van der Waals surface area contributed by atoms with Gasteiger partial charge in [-0.3, -0.25) is 14.6 Å². The molecule has 3 aromatic carbocycles. The van der Waals surface area contributed by atoms with Crippen LogP contribution in [0.3, 0.4) is 0 Å². The number of nitrogens with one attached hydrogen (secondary N) is 1. The molecule has 0 fully saturated rings. The standard InChI is InChI=1S/C23H22N3O3P/c1-18-22(23(27)26(25(18)2)19-12-6-3-7-13-19)24-30(28,21-16-10-5-11-17-21)29-20-14-8-4-9-15-20/h3-17H,1-2H3,(H,24,28)/t30-/m1/s1. The van der Waals surface area contributed by atoms with Crippen molar-refractivity contribution in [2.75, 3.05) is 5.09 Å². The fourth-order valence-corrected chi connectivity index (χ4v) is 5.05. The Bertz CT molecular complexity index is 1250. The van der Waals surface area contributed by atoms with E-state index in [9.17, 15) is 9.36 Å². The van der Waals surface area contributed by atoms with Crippen LogP contribution in [0.15, 0.2) is 95.8 Å². The lowest BCUT2D eigenvalue weighted by Crippen LogP contribution is -2.23. The van der Waals surface area contributed by atoms with Crippen LogP contribution in [0.25, 0.3) is 5.69 Å². The highest BCUT2D eigenvalue weighted by Gasteiger charge is 2.31. The van der Waals surface area contributed by atoms with Gasteiger partial charge >= 0.3 is 7.52 Å². The monoisotopic (exact) mass is 419 g/mol. The minimum atomic E-state index is -3.64. The molecule has 0 aliphatic heterocycles. The lowest BCUT2D eigenvalue weighted by molar-refractivity contribution is 0.498. The predicted octanol–water partition coefficient (Wildman–Crippen LogP) is 4.49. The Morgan fingerprint density at radius 3 is 1.97 bits per heavy atom. The van der Waals surface area contributed by atoms with Crippen molar-refractivity contribution in [3.05, 3.63) is 107 Å². The fraction of sp³-hybridized carbons (Fsp3) is 0.0870. The number of nitrogens with zero attached hydrogens (tertiary/aromatic N) is 2. The topological polar surface area (TPSA) is 65.3 Å². The number of para-hydroxylation sites is 2. The molecule has 0 saturated heterocycles. The number of aromatic nitrogens is 2. The first-order valence-corrected chi connectivity index (χ1v) is 11.1.